The van der Waals surface area contributed by atoms with Crippen molar-refractivity contribution in [3.05, 3.63) is 65.7 Å². The summed E-state index contributed by atoms with van der Waals surface area (Å²) in [5, 5.41) is 30.2. The lowest BCUT2D eigenvalue weighted by atomic mass is 10.1. The first-order valence-electron chi connectivity index (χ1n) is 17.6. The van der Waals surface area contributed by atoms with Crippen LogP contribution in [0.15, 0.2) is 54.6 Å². The molecule has 0 aliphatic carbocycles. The summed E-state index contributed by atoms with van der Waals surface area (Å²) in [7, 11) is -7.44. The second-order valence-corrected chi connectivity index (χ2v) is 13.9. The molecule has 314 valence electrons. The average Bonchev–Trinajstić information content (AvgIpc) is 3.66. The molecule has 24 heteroatoms. The fourth-order valence-corrected chi connectivity index (χ4v) is 6.36. The number of rotatable bonds is 22. The Morgan fingerprint density at radius 1 is 0.877 bits per heavy atom. The Labute approximate surface area is 328 Å². The van der Waals surface area contributed by atoms with Gasteiger partial charge in [0.1, 0.15) is 31.8 Å². The molecule has 0 bridgehead atoms. The van der Waals surface area contributed by atoms with Gasteiger partial charge in [-0.15, -0.1) is 0 Å². The highest BCUT2D eigenvalue weighted by atomic mass is 31.1. The van der Waals surface area contributed by atoms with Gasteiger partial charge in [-0.3, -0.25) is 38.0 Å². The molecular weight excluding hydrogens is 794 g/mol. The van der Waals surface area contributed by atoms with Gasteiger partial charge < -0.3 is 61.6 Å². The Hall–Kier alpha value is -5.08. The third-order valence-electron chi connectivity index (χ3n) is 8.11. The zero-order valence-electron chi connectivity index (χ0n) is 30.7. The molecule has 0 radical (unpaired) electrons. The van der Waals surface area contributed by atoms with Crippen molar-refractivity contribution in [3.8, 4) is 0 Å². The molecule has 1 aliphatic heterocycles. The number of anilines is 1. The van der Waals surface area contributed by atoms with E-state index in [4.69, 9.17) is 30.4 Å². The number of ether oxygens (including phenoxy) is 2. The van der Waals surface area contributed by atoms with Crippen LogP contribution in [0.4, 0.5) is 15.3 Å². The summed E-state index contributed by atoms with van der Waals surface area (Å²) in [5.74, 6) is -4.67. The van der Waals surface area contributed by atoms with Gasteiger partial charge in [-0.05, 0) is 55.4 Å². The van der Waals surface area contributed by atoms with Crippen LogP contribution in [0, 0.1) is 5.41 Å². The van der Waals surface area contributed by atoms with E-state index >= 15 is 0 Å². The van der Waals surface area contributed by atoms with Gasteiger partial charge in [0.15, 0.2) is 5.96 Å². The number of carbonyl (C=O) groups excluding carboxylic acids is 5. The summed E-state index contributed by atoms with van der Waals surface area (Å²) >= 11 is 0. The SMILES string of the molecule is N=C(N)NCCC[C@H](NC(=O)[C@@H]1CCCN1C(=O)CNC(=O)OCc1ccccc1)C(=O)Nc1ccc(COC(=O)NCCCC(O)(O[PH](=O)O)O[PH](=O)O)cc1. The molecule has 57 heavy (non-hydrogen) atoms. The number of nitrogens with zero attached hydrogens (tertiary/aromatic N) is 1. The number of benzene rings is 2. The standard InChI is InChI=1S/C33H48N8O14P2/c34-30(35)36-16-4-9-25(40-29(44)26-10-5-18-41(26)27(42)19-38-32(46)53-20-22-7-2-1-3-8-22)28(43)39-24-13-11-23(12-14-24)21-52-31(45)37-17-6-15-33(47,54-56(48)49)55-57(50)51/h1-3,7-8,11-14,25-26,47,56-57H,4-6,9-10,15-21H2,(H,37,45)(H,38,46)(H,39,43)(H,40,44)(H,48,49)(H,50,51)(H4,34,35,36)/t25-,26-/m0/s1. The molecule has 11 N–H and O–H groups in total. The second kappa shape index (κ2) is 23.9. The molecule has 1 saturated heterocycles. The maximum Gasteiger partial charge on any atom is 0.407 e. The van der Waals surface area contributed by atoms with Crippen LogP contribution in [-0.4, -0.2) is 99.9 Å². The highest BCUT2D eigenvalue weighted by Crippen LogP contribution is 2.35. The minimum absolute atomic E-state index is 0.0177. The number of aliphatic hydroxyl groups is 1. The lowest BCUT2D eigenvalue weighted by Gasteiger charge is -2.26. The number of nitrogens with one attached hydrogen (secondary N) is 6. The smallest absolute Gasteiger partial charge is 0.407 e. The summed E-state index contributed by atoms with van der Waals surface area (Å²) in [6.07, 6.45) is -0.911. The van der Waals surface area contributed by atoms with Crippen molar-refractivity contribution in [1.29, 1.82) is 5.41 Å². The van der Waals surface area contributed by atoms with Crippen LogP contribution in [0.2, 0.25) is 0 Å². The Bertz CT molecular complexity index is 1710. The topological polar surface area (TPSA) is 330 Å². The first-order valence-corrected chi connectivity index (χ1v) is 20.2. The Morgan fingerprint density at radius 2 is 1.47 bits per heavy atom. The number of alkyl carbamates (subject to hydrolysis) is 2. The minimum Gasteiger partial charge on any atom is -0.445 e. The lowest BCUT2D eigenvalue weighted by molar-refractivity contribution is -0.277. The zero-order valence-corrected chi connectivity index (χ0v) is 32.7. The highest BCUT2D eigenvalue weighted by molar-refractivity contribution is 7.33. The van der Waals surface area contributed by atoms with Gasteiger partial charge in [0.25, 0.3) is 5.97 Å². The predicted octanol–water partition coefficient (Wildman–Crippen LogP) is 0.740. The van der Waals surface area contributed by atoms with E-state index in [1.807, 2.05) is 6.07 Å². The summed E-state index contributed by atoms with van der Waals surface area (Å²) in [4.78, 5) is 83.3. The Balaban J connectivity index is 1.50. The van der Waals surface area contributed by atoms with Crippen LogP contribution < -0.4 is 32.3 Å². The van der Waals surface area contributed by atoms with Crippen LogP contribution >= 0.6 is 16.5 Å². The highest BCUT2D eigenvalue weighted by Gasteiger charge is 2.36. The normalized spacial score (nSPS) is 16.2. The molecule has 5 amide bonds. The van der Waals surface area contributed by atoms with Crippen molar-refractivity contribution in [2.75, 3.05) is 31.5 Å². The molecule has 1 heterocycles. The summed E-state index contributed by atoms with van der Waals surface area (Å²) < 4.78 is 40.7. The third kappa shape index (κ3) is 17.7. The van der Waals surface area contributed by atoms with Gasteiger partial charge in [0.2, 0.25) is 17.7 Å². The molecule has 0 saturated carbocycles. The largest absolute Gasteiger partial charge is 0.445 e. The van der Waals surface area contributed by atoms with E-state index in [0.717, 1.165) is 5.56 Å². The van der Waals surface area contributed by atoms with Crippen LogP contribution in [0.1, 0.15) is 49.7 Å². The summed E-state index contributed by atoms with van der Waals surface area (Å²) in [5.41, 5.74) is 7.01. The molecule has 2 unspecified atom stereocenters. The van der Waals surface area contributed by atoms with Crippen molar-refractivity contribution >= 4 is 58.1 Å². The van der Waals surface area contributed by atoms with Gasteiger partial charge in [-0.1, -0.05) is 42.5 Å². The Morgan fingerprint density at radius 3 is 2.09 bits per heavy atom. The van der Waals surface area contributed by atoms with E-state index < -0.39 is 77.4 Å². The number of hydrogen-bond acceptors (Lipinski definition) is 13. The summed E-state index contributed by atoms with van der Waals surface area (Å²) in [6.45, 7) is -0.159. The first kappa shape index (κ1) is 46.3. The van der Waals surface area contributed by atoms with E-state index in [9.17, 15) is 38.2 Å². The fourth-order valence-electron chi connectivity index (χ4n) is 5.44. The number of likely N-dealkylation sites (tertiary alicyclic amines) is 1. The molecule has 3 rings (SSSR count). The number of guanidine groups is 1. The second-order valence-electron chi connectivity index (χ2n) is 12.4. The molecule has 0 spiro atoms. The van der Waals surface area contributed by atoms with E-state index in [0.29, 0.717) is 30.5 Å². The molecular formula is C33H48N8O14P2. The summed E-state index contributed by atoms with van der Waals surface area (Å²) in [6, 6.07) is 13.3. The van der Waals surface area contributed by atoms with Crippen molar-refractivity contribution in [2.45, 2.75) is 69.8 Å². The molecule has 1 fully saturated rings. The molecule has 22 nitrogen and oxygen atoms in total. The van der Waals surface area contributed by atoms with Crippen molar-refractivity contribution < 1.29 is 66.5 Å². The Kier molecular flexibility index (Phi) is 19.4. The molecule has 2 aromatic carbocycles. The predicted molar refractivity (Wildman–Crippen MR) is 202 cm³/mol. The van der Waals surface area contributed by atoms with Crippen LogP contribution in [0.25, 0.3) is 0 Å². The minimum atomic E-state index is -3.72. The molecule has 2 aromatic rings. The van der Waals surface area contributed by atoms with E-state index in [2.05, 4.69) is 35.6 Å². The third-order valence-corrected chi connectivity index (χ3v) is 9.10. The van der Waals surface area contributed by atoms with Gasteiger partial charge in [-0.25, -0.2) is 9.59 Å². The van der Waals surface area contributed by atoms with Gasteiger partial charge >= 0.3 is 28.7 Å². The van der Waals surface area contributed by atoms with Crippen LogP contribution in [0.3, 0.4) is 0 Å². The average molecular weight is 843 g/mol. The van der Waals surface area contributed by atoms with Crippen molar-refractivity contribution in [3.63, 3.8) is 0 Å². The first-order chi connectivity index (χ1) is 27.1. The van der Waals surface area contributed by atoms with Gasteiger partial charge in [-0.2, -0.15) is 0 Å². The van der Waals surface area contributed by atoms with Gasteiger partial charge in [0, 0.05) is 31.7 Å². The van der Waals surface area contributed by atoms with Gasteiger partial charge in [0.05, 0.1) is 0 Å². The quantitative estimate of drug-likeness (QED) is 0.0257. The van der Waals surface area contributed by atoms with Crippen LogP contribution in [-0.2, 0) is 55.2 Å². The number of nitrogens with two attached hydrogens (primary N) is 1. The van der Waals surface area contributed by atoms with Crippen LogP contribution in [0.5, 0.6) is 0 Å². The lowest BCUT2D eigenvalue weighted by Crippen LogP contribution is -2.53. The fraction of sp³-hybridized carbons (Fsp3) is 0.455. The molecule has 0 aromatic heterocycles. The number of hydrogen-bond donors (Lipinski definition) is 10. The van der Waals surface area contributed by atoms with Crippen molar-refractivity contribution in [1.82, 2.24) is 26.2 Å². The maximum atomic E-state index is 13.5. The maximum absolute atomic E-state index is 13.5. The monoisotopic (exact) mass is 842 g/mol. The zero-order chi connectivity index (χ0) is 41.8. The number of carbonyl (C=O) groups is 5. The molecule has 1 aliphatic rings. The van der Waals surface area contributed by atoms with E-state index in [1.165, 1.54) is 4.90 Å². The van der Waals surface area contributed by atoms with E-state index in [-0.39, 0.29) is 51.6 Å². The molecule has 4 atom stereocenters. The van der Waals surface area contributed by atoms with E-state index in [1.54, 1.807) is 48.5 Å². The van der Waals surface area contributed by atoms with Crippen molar-refractivity contribution in [2.24, 2.45) is 5.73 Å². The number of amides is 5.